The van der Waals surface area contributed by atoms with Crippen LogP contribution in [0.4, 0.5) is 5.69 Å². The quantitative estimate of drug-likeness (QED) is 0.0827. The van der Waals surface area contributed by atoms with E-state index in [0.717, 1.165) is 40.2 Å². The number of hydrogen-bond donors (Lipinski definition) is 0. The standard InChI is InChI=1S/C37H33ClN4O2S/c1-3-4-21-44-35-20-17-27(23-33(35)38)36-28(24-41(40-36)29-11-7-5-8-12-29)22-32-34(25-45-31-18-15-26(2)16-19-31)39-42(37(32)43)30-13-9-6-10-14-30/h5-20,22-24H,3-4,21,25H2,1-2H3. The van der Waals surface area contributed by atoms with Crippen LogP contribution >= 0.6 is 23.4 Å². The number of amides is 1. The first-order valence-electron chi connectivity index (χ1n) is 15.0. The van der Waals surface area contributed by atoms with Crippen LogP contribution in [0.2, 0.25) is 5.02 Å². The number of aromatic nitrogens is 2. The maximum Gasteiger partial charge on any atom is 0.280 e. The predicted molar refractivity (Wildman–Crippen MR) is 186 cm³/mol. The summed E-state index contributed by atoms with van der Waals surface area (Å²) in [5.74, 6) is 0.988. The molecule has 6 nitrogen and oxygen atoms in total. The SMILES string of the molecule is CCCCOc1ccc(-c2nn(-c3ccccc3)cc2C=C2C(=O)N(c3ccccc3)N=C2CSc2ccc(C)cc2)cc1Cl. The second-order valence-corrected chi connectivity index (χ2v) is 12.2. The first-order chi connectivity index (χ1) is 22.0. The van der Waals surface area contributed by atoms with Crippen LogP contribution in [0.15, 0.2) is 125 Å². The van der Waals surface area contributed by atoms with Crippen LogP contribution in [0.1, 0.15) is 30.9 Å². The van der Waals surface area contributed by atoms with E-state index >= 15 is 0 Å². The van der Waals surface area contributed by atoms with Gasteiger partial charge in [0.25, 0.3) is 5.91 Å². The van der Waals surface area contributed by atoms with Crippen molar-refractivity contribution >= 4 is 46.7 Å². The number of ether oxygens (including phenoxy) is 1. The Hall–Kier alpha value is -4.59. The largest absolute Gasteiger partial charge is 0.492 e. The lowest BCUT2D eigenvalue weighted by atomic mass is 10.0. The minimum Gasteiger partial charge on any atom is -0.492 e. The summed E-state index contributed by atoms with van der Waals surface area (Å²) in [6, 6.07) is 33.5. The fourth-order valence-corrected chi connectivity index (χ4v) is 6.00. The Morgan fingerprint density at radius 2 is 1.62 bits per heavy atom. The molecule has 6 rings (SSSR count). The first kappa shape index (κ1) is 30.4. The summed E-state index contributed by atoms with van der Waals surface area (Å²) in [5, 5.41) is 11.8. The van der Waals surface area contributed by atoms with Gasteiger partial charge in [0.2, 0.25) is 0 Å². The molecular formula is C37H33ClN4O2S. The van der Waals surface area contributed by atoms with Crippen molar-refractivity contribution in [2.75, 3.05) is 17.4 Å². The van der Waals surface area contributed by atoms with Gasteiger partial charge in [-0.05, 0) is 74.0 Å². The fraction of sp³-hybridized carbons (Fsp3) is 0.162. The molecule has 226 valence electrons. The number of para-hydroxylation sites is 2. The highest BCUT2D eigenvalue weighted by molar-refractivity contribution is 8.00. The van der Waals surface area contributed by atoms with E-state index in [4.69, 9.17) is 26.5 Å². The molecule has 0 atom stereocenters. The Morgan fingerprint density at radius 3 is 2.31 bits per heavy atom. The van der Waals surface area contributed by atoms with Crippen LogP contribution < -0.4 is 9.75 Å². The van der Waals surface area contributed by atoms with E-state index in [9.17, 15) is 4.79 Å². The van der Waals surface area contributed by atoms with E-state index in [-0.39, 0.29) is 5.91 Å². The average molecular weight is 633 g/mol. The van der Waals surface area contributed by atoms with E-state index in [1.54, 1.807) is 11.8 Å². The van der Waals surface area contributed by atoms with Crippen LogP contribution in [-0.4, -0.2) is 33.8 Å². The molecule has 0 unspecified atom stereocenters. The van der Waals surface area contributed by atoms with Gasteiger partial charge in [-0.2, -0.15) is 15.2 Å². The zero-order valence-corrected chi connectivity index (χ0v) is 26.8. The summed E-state index contributed by atoms with van der Waals surface area (Å²) in [7, 11) is 0. The van der Waals surface area contributed by atoms with E-state index in [2.05, 4.69) is 38.1 Å². The molecule has 0 radical (unpaired) electrons. The second kappa shape index (κ2) is 14.0. The van der Waals surface area contributed by atoms with Crippen molar-refractivity contribution in [1.29, 1.82) is 0 Å². The van der Waals surface area contributed by atoms with Gasteiger partial charge in [0, 0.05) is 28.0 Å². The molecule has 4 aromatic carbocycles. The van der Waals surface area contributed by atoms with Crippen molar-refractivity contribution in [1.82, 2.24) is 9.78 Å². The van der Waals surface area contributed by atoms with Crippen molar-refractivity contribution in [3.05, 3.63) is 131 Å². The Kier molecular flexibility index (Phi) is 9.48. The van der Waals surface area contributed by atoms with Crippen LogP contribution in [0.3, 0.4) is 0 Å². The molecule has 0 saturated heterocycles. The van der Waals surface area contributed by atoms with E-state index in [1.807, 2.05) is 95.8 Å². The number of hydrazone groups is 1. The van der Waals surface area contributed by atoms with E-state index in [1.165, 1.54) is 10.6 Å². The number of carbonyl (C=O) groups is 1. The number of halogens is 1. The molecule has 2 heterocycles. The molecule has 45 heavy (non-hydrogen) atoms. The van der Waals surface area contributed by atoms with E-state index < -0.39 is 0 Å². The van der Waals surface area contributed by atoms with Crippen molar-refractivity contribution in [3.63, 3.8) is 0 Å². The molecular weight excluding hydrogens is 600 g/mol. The molecule has 1 aliphatic heterocycles. The summed E-state index contributed by atoms with van der Waals surface area (Å²) in [6.07, 6.45) is 5.85. The van der Waals surface area contributed by atoms with Crippen molar-refractivity contribution < 1.29 is 9.53 Å². The minimum absolute atomic E-state index is 0.183. The number of benzene rings is 4. The normalized spacial score (nSPS) is 13.8. The Morgan fingerprint density at radius 1 is 0.911 bits per heavy atom. The highest BCUT2D eigenvalue weighted by atomic mass is 35.5. The third-order valence-electron chi connectivity index (χ3n) is 7.38. The van der Waals surface area contributed by atoms with Gasteiger partial charge in [0.05, 0.1) is 34.3 Å². The zero-order valence-electron chi connectivity index (χ0n) is 25.2. The van der Waals surface area contributed by atoms with Gasteiger partial charge in [0.15, 0.2) is 0 Å². The average Bonchev–Trinajstić information content (AvgIpc) is 3.63. The van der Waals surface area contributed by atoms with Gasteiger partial charge in [0.1, 0.15) is 11.4 Å². The number of anilines is 1. The molecule has 1 amide bonds. The Labute approximate surface area is 273 Å². The van der Waals surface area contributed by atoms with Gasteiger partial charge >= 0.3 is 0 Å². The van der Waals surface area contributed by atoms with Crippen molar-refractivity contribution in [2.24, 2.45) is 5.10 Å². The zero-order chi connectivity index (χ0) is 31.2. The van der Waals surface area contributed by atoms with Gasteiger partial charge in [-0.3, -0.25) is 4.79 Å². The Balaban J connectivity index is 1.41. The summed E-state index contributed by atoms with van der Waals surface area (Å²) < 4.78 is 7.72. The smallest absolute Gasteiger partial charge is 0.280 e. The number of hydrogen-bond acceptors (Lipinski definition) is 5. The molecule has 8 heteroatoms. The predicted octanol–water partition coefficient (Wildman–Crippen LogP) is 9.26. The Bertz CT molecular complexity index is 1850. The molecule has 0 aliphatic carbocycles. The molecule has 0 bridgehead atoms. The molecule has 0 N–H and O–H groups in total. The highest BCUT2D eigenvalue weighted by Crippen LogP contribution is 2.34. The van der Waals surface area contributed by atoms with Gasteiger partial charge in [-0.15, -0.1) is 11.8 Å². The molecule has 5 aromatic rings. The number of unbranched alkanes of at least 4 members (excludes halogenated alkanes) is 1. The van der Waals surface area contributed by atoms with Crippen molar-refractivity contribution in [2.45, 2.75) is 31.6 Å². The molecule has 1 aromatic heterocycles. The molecule has 0 saturated carbocycles. The molecule has 0 fully saturated rings. The maximum absolute atomic E-state index is 14.0. The summed E-state index contributed by atoms with van der Waals surface area (Å²) in [4.78, 5) is 15.1. The van der Waals surface area contributed by atoms with Crippen LogP contribution in [0.5, 0.6) is 5.75 Å². The molecule has 0 spiro atoms. The summed E-state index contributed by atoms with van der Waals surface area (Å²) in [5.41, 5.74) is 6.35. The third-order valence-corrected chi connectivity index (χ3v) is 8.69. The fourth-order valence-electron chi connectivity index (χ4n) is 4.92. The third kappa shape index (κ3) is 7.06. The number of rotatable bonds is 11. The van der Waals surface area contributed by atoms with Crippen LogP contribution in [0, 0.1) is 6.92 Å². The maximum atomic E-state index is 14.0. The van der Waals surface area contributed by atoms with Gasteiger partial charge in [-0.25, -0.2) is 4.68 Å². The van der Waals surface area contributed by atoms with Crippen LogP contribution in [0.25, 0.3) is 23.0 Å². The lowest BCUT2D eigenvalue weighted by molar-refractivity contribution is -0.114. The molecule has 1 aliphatic rings. The lowest BCUT2D eigenvalue weighted by Gasteiger charge is -2.11. The first-order valence-corrected chi connectivity index (χ1v) is 16.3. The number of nitrogens with zero attached hydrogens (tertiary/aromatic N) is 4. The van der Waals surface area contributed by atoms with Gasteiger partial charge in [-0.1, -0.05) is 79.0 Å². The number of carbonyl (C=O) groups excluding carboxylic acids is 1. The highest BCUT2D eigenvalue weighted by Gasteiger charge is 2.31. The second-order valence-electron chi connectivity index (χ2n) is 10.7. The number of aryl methyl sites for hydroxylation is 1. The summed E-state index contributed by atoms with van der Waals surface area (Å²) in [6.45, 7) is 4.80. The topological polar surface area (TPSA) is 59.7 Å². The van der Waals surface area contributed by atoms with E-state index in [0.29, 0.717) is 40.1 Å². The van der Waals surface area contributed by atoms with Crippen molar-refractivity contribution in [3.8, 4) is 22.7 Å². The summed E-state index contributed by atoms with van der Waals surface area (Å²) >= 11 is 8.34. The minimum atomic E-state index is -0.183. The van der Waals surface area contributed by atoms with Crippen LogP contribution in [-0.2, 0) is 4.79 Å². The lowest BCUT2D eigenvalue weighted by Crippen LogP contribution is -2.21. The van der Waals surface area contributed by atoms with Gasteiger partial charge < -0.3 is 4.74 Å². The number of thioether (sulfide) groups is 1. The monoisotopic (exact) mass is 632 g/mol.